The van der Waals surface area contributed by atoms with Crippen LogP contribution < -0.4 is 17.2 Å². The second-order valence-electron chi connectivity index (χ2n) is 1.74. The summed E-state index contributed by atoms with van der Waals surface area (Å²) in [5.74, 6) is 0.145. The van der Waals surface area contributed by atoms with Crippen LogP contribution in [0.15, 0.2) is 4.99 Å². The van der Waals surface area contributed by atoms with E-state index < -0.39 is 14.7 Å². The van der Waals surface area contributed by atoms with Gasteiger partial charge in [0, 0.05) is 6.54 Å². The standard InChI is InChI=1S/C5H13N4.Ni.H2O.O/c6-3-1-2-4-9-5(7)8;;;/h3H,1-2,4,6H2,(H4,7,8,9);;1H2;/q-1;+1;;/p-1. The van der Waals surface area contributed by atoms with Crippen molar-refractivity contribution >= 4 is 5.96 Å². The predicted molar refractivity (Wildman–Crippen MR) is 41.3 cm³/mol. The first-order chi connectivity index (χ1) is 5.68. The zero-order chi connectivity index (χ0) is 9.82. The fourth-order valence-electron chi connectivity index (χ4n) is 0.417. The molecule has 0 saturated carbocycles. The summed E-state index contributed by atoms with van der Waals surface area (Å²) in [5, 5.41) is 0. The number of hydrogen-bond acceptors (Lipinski definition) is 3. The zero-order valence-electron chi connectivity index (χ0n) is 6.55. The van der Waals surface area contributed by atoms with Gasteiger partial charge in [-0.15, -0.1) is 0 Å². The van der Waals surface area contributed by atoms with Crippen molar-refractivity contribution in [2.45, 2.75) is 12.8 Å². The van der Waals surface area contributed by atoms with Gasteiger partial charge >= 0.3 is 22.8 Å². The first-order valence-electron chi connectivity index (χ1n) is 3.13. The SMILES string of the molecule is N[CH-]CCCN=C(N)N.[O]=[Ni][OH]. The van der Waals surface area contributed by atoms with Gasteiger partial charge in [-0.3, -0.25) is 11.5 Å². The average Bonchev–Trinajstić information content (AvgIpc) is 1.99. The van der Waals surface area contributed by atoms with Crippen LogP contribution in [0.5, 0.6) is 0 Å². The van der Waals surface area contributed by atoms with E-state index in [2.05, 4.69) is 4.99 Å². The Morgan fingerprint density at radius 2 is 2.08 bits per heavy atom. The van der Waals surface area contributed by atoms with Gasteiger partial charge in [-0.1, -0.05) is 6.42 Å². The number of rotatable bonds is 4. The van der Waals surface area contributed by atoms with Gasteiger partial charge in [-0.25, -0.2) is 0 Å². The number of hydrogen-bond donors (Lipinski definition) is 4. The molecule has 0 aromatic carbocycles. The molecule has 0 atom stereocenters. The van der Waals surface area contributed by atoms with Crippen LogP contribution in [-0.2, 0) is 18.6 Å². The van der Waals surface area contributed by atoms with Crippen LogP contribution in [-0.4, -0.2) is 16.8 Å². The van der Waals surface area contributed by atoms with Crippen molar-refractivity contribution in [1.82, 2.24) is 0 Å². The molecule has 0 saturated heterocycles. The molecule has 0 heterocycles. The van der Waals surface area contributed by atoms with E-state index in [1.54, 1.807) is 6.54 Å². The number of guanidine groups is 1. The summed E-state index contributed by atoms with van der Waals surface area (Å²) in [5.41, 5.74) is 15.2. The average molecular weight is 221 g/mol. The molecule has 0 amide bonds. The topological polar surface area (TPSA) is 128 Å². The van der Waals surface area contributed by atoms with Crippen molar-refractivity contribution in [2.24, 2.45) is 22.2 Å². The summed E-state index contributed by atoms with van der Waals surface area (Å²) >= 11 is -0.625. The van der Waals surface area contributed by atoms with E-state index in [-0.39, 0.29) is 5.96 Å². The Morgan fingerprint density at radius 1 is 1.58 bits per heavy atom. The van der Waals surface area contributed by atoms with Crippen LogP contribution in [0, 0.1) is 6.54 Å². The second kappa shape index (κ2) is 13.1. The van der Waals surface area contributed by atoms with Gasteiger partial charge in [0.25, 0.3) is 0 Å². The van der Waals surface area contributed by atoms with E-state index in [0.717, 1.165) is 12.8 Å². The minimum atomic E-state index is -0.625. The Bertz CT molecular complexity index is 127. The van der Waals surface area contributed by atoms with Crippen molar-refractivity contribution in [3.8, 4) is 0 Å². The van der Waals surface area contributed by atoms with E-state index in [0.29, 0.717) is 6.54 Å². The Hall–Kier alpha value is -0.516. The van der Waals surface area contributed by atoms with Crippen molar-refractivity contribution < 1.29 is 22.8 Å². The van der Waals surface area contributed by atoms with Gasteiger partial charge in [-0.2, -0.15) is 6.42 Å². The molecule has 0 spiro atoms. The quantitative estimate of drug-likeness (QED) is 0.151. The summed E-state index contributed by atoms with van der Waals surface area (Å²) in [7, 11) is 0. The molecular formula is C5H14N4NiO2-. The van der Waals surface area contributed by atoms with Gasteiger partial charge in [0.2, 0.25) is 0 Å². The normalized spacial score (nSPS) is 8.50. The van der Waals surface area contributed by atoms with E-state index in [1.807, 2.05) is 0 Å². The van der Waals surface area contributed by atoms with E-state index in [4.69, 9.17) is 25.3 Å². The summed E-state index contributed by atoms with van der Waals surface area (Å²) in [6.45, 7) is 2.26. The third-order valence-electron chi connectivity index (χ3n) is 0.823. The molecule has 7 N–H and O–H groups in total. The van der Waals surface area contributed by atoms with Gasteiger partial charge < -0.3 is 17.2 Å². The number of aliphatic imine (C=N–C) groups is 1. The Balaban J connectivity index is 0. The maximum atomic E-state index is 8.42. The number of nitrogens with zero attached hydrogens (tertiary/aromatic N) is 1. The van der Waals surface area contributed by atoms with Crippen LogP contribution in [0.25, 0.3) is 0 Å². The molecule has 77 valence electrons. The third-order valence-corrected chi connectivity index (χ3v) is 0.823. The van der Waals surface area contributed by atoms with Gasteiger partial charge in [-0.05, 0) is 0 Å². The molecule has 0 aliphatic rings. The number of nitrogens with two attached hydrogens (primary N) is 3. The molecule has 0 fully saturated rings. The molecule has 0 bridgehead atoms. The maximum absolute atomic E-state index is 8.42. The summed E-state index contributed by atoms with van der Waals surface area (Å²) in [4.78, 5) is 3.76. The fraction of sp³-hybridized carbons (Fsp3) is 0.600. The second-order valence-corrected chi connectivity index (χ2v) is 1.92. The molecule has 6 nitrogen and oxygen atoms in total. The molecule has 0 unspecified atom stereocenters. The summed E-state index contributed by atoms with van der Waals surface area (Å²) in [6.07, 6.45) is 1.77. The molecular weight excluding hydrogens is 207 g/mol. The van der Waals surface area contributed by atoms with Crippen LogP contribution >= 0.6 is 0 Å². The van der Waals surface area contributed by atoms with Gasteiger partial charge in [0.05, 0.1) is 0 Å². The van der Waals surface area contributed by atoms with Gasteiger partial charge in [0.15, 0.2) is 5.96 Å². The molecule has 12 heavy (non-hydrogen) atoms. The molecule has 0 aromatic rings. The van der Waals surface area contributed by atoms with E-state index in [1.165, 1.54) is 0 Å². The zero-order valence-corrected chi connectivity index (χ0v) is 7.54. The van der Waals surface area contributed by atoms with Crippen molar-refractivity contribution in [3.05, 3.63) is 6.54 Å². The minimum absolute atomic E-state index is 0.145. The molecule has 0 rings (SSSR count). The molecule has 0 aromatic heterocycles. The summed E-state index contributed by atoms with van der Waals surface area (Å²) in [6, 6.07) is 0. The van der Waals surface area contributed by atoms with Crippen LogP contribution in [0.3, 0.4) is 0 Å². The van der Waals surface area contributed by atoms with E-state index in [9.17, 15) is 0 Å². The monoisotopic (exact) mass is 220 g/mol. The Labute approximate surface area is 77.5 Å². The predicted octanol–water partition coefficient (Wildman–Crippen LogP) is -1.52. The van der Waals surface area contributed by atoms with Gasteiger partial charge in [0.1, 0.15) is 0 Å². The summed E-state index contributed by atoms with van der Waals surface area (Å²) < 4.78 is 15.4. The van der Waals surface area contributed by atoms with Crippen LogP contribution in [0.2, 0.25) is 0 Å². The first kappa shape index (κ1) is 14.0. The first-order valence-corrected chi connectivity index (χ1v) is 3.97. The number of unbranched alkanes of at least 4 members (excludes halogenated alkanes) is 1. The molecule has 7 heteroatoms. The third kappa shape index (κ3) is 22.7. The molecule has 0 aliphatic heterocycles. The van der Waals surface area contributed by atoms with E-state index >= 15 is 0 Å². The van der Waals surface area contributed by atoms with Crippen LogP contribution in [0.1, 0.15) is 12.8 Å². The van der Waals surface area contributed by atoms with Crippen molar-refractivity contribution in [1.29, 1.82) is 0 Å². The van der Waals surface area contributed by atoms with Crippen LogP contribution in [0.4, 0.5) is 0 Å². The van der Waals surface area contributed by atoms with Crippen molar-refractivity contribution in [2.75, 3.05) is 6.54 Å². The Kier molecular flexibility index (Phi) is 15.3. The van der Waals surface area contributed by atoms with Crippen molar-refractivity contribution in [3.63, 3.8) is 0 Å². The molecule has 0 aliphatic carbocycles. The fourth-order valence-corrected chi connectivity index (χ4v) is 0.417. The Morgan fingerprint density at radius 3 is 2.42 bits per heavy atom. The molecule has 0 radical (unpaired) electrons.